The summed E-state index contributed by atoms with van der Waals surface area (Å²) in [4.78, 5) is 5.07. The van der Waals surface area contributed by atoms with Crippen LogP contribution in [0.15, 0.2) is 65.1 Å². The fraction of sp³-hybridized carbons (Fsp3) is 0.375. The predicted molar refractivity (Wildman–Crippen MR) is 160 cm³/mol. The molecule has 0 fully saturated rings. The van der Waals surface area contributed by atoms with Crippen molar-refractivity contribution in [3.63, 3.8) is 0 Å². The summed E-state index contributed by atoms with van der Waals surface area (Å²) in [6.45, 7) is 21.2. The number of hydrogen-bond acceptors (Lipinski definition) is 2. The Morgan fingerprint density at radius 2 is 1.19 bits per heavy atom. The first-order valence-electron chi connectivity index (χ1n) is 13.2. The highest BCUT2D eigenvalue weighted by molar-refractivity contribution is 9.10. The van der Waals surface area contributed by atoms with Gasteiger partial charge in [0.2, 0.25) is 0 Å². The van der Waals surface area contributed by atoms with Gasteiger partial charge in [-0.25, -0.2) is 9.67 Å². The first-order valence-corrected chi connectivity index (χ1v) is 14.0. The maximum Gasteiger partial charge on any atom is 0.182 e. The molecule has 4 aromatic rings. The van der Waals surface area contributed by atoms with Crippen LogP contribution in [0.2, 0.25) is 0 Å². The molecule has 36 heavy (non-hydrogen) atoms. The second-order valence-electron chi connectivity index (χ2n) is 9.16. The summed E-state index contributed by atoms with van der Waals surface area (Å²) >= 11 is 3.73. The highest BCUT2D eigenvalue weighted by Crippen LogP contribution is 2.37. The molecular formula is C32H42BrN3. The van der Waals surface area contributed by atoms with Crippen LogP contribution in [0.5, 0.6) is 0 Å². The van der Waals surface area contributed by atoms with Crippen molar-refractivity contribution in [2.24, 2.45) is 0 Å². The zero-order valence-electron chi connectivity index (χ0n) is 23.6. The quantitative estimate of drug-likeness (QED) is 0.248. The summed E-state index contributed by atoms with van der Waals surface area (Å²) in [5.41, 5.74) is 8.20. The minimum Gasteiger partial charge on any atom is -0.212 e. The van der Waals surface area contributed by atoms with Gasteiger partial charge in [0.15, 0.2) is 11.6 Å². The average molecular weight is 549 g/mol. The van der Waals surface area contributed by atoms with Gasteiger partial charge < -0.3 is 0 Å². The fourth-order valence-corrected chi connectivity index (χ4v) is 4.73. The van der Waals surface area contributed by atoms with Crippen LogP contribution in [0.4, 0.5) is 0 Å². The molecule has 0 aliphatic rings. The summed E-state index contributed by atoms with van der Waals surface area (Å²) in [7, 11) is 0. The number of rotatable bonds is 5. The normalized spacial score (nSPS) is 10.6. The Kier molecular flexibility index (Phi) is 11.1. The monoisotopic (exact) mass is 547 g/mol. The Morgan fingerprint density at radius 1 is 0.694 bits per heavy atom. The minimum atomic E-state index is 0.345. The van der Waals surface area contributed by atoms with E-state index in [1.807, 2.05) is 33.8 Å². The molecule has 192 valence electrons. The van der Waals surface area contributed by atoms with Gasteiger partial charge in [0, 0.05) is 15.6 Å². The average Bonchev–Trinajstić information content (AvgIpc) is 3.31. The van der Waals surface area contributed by atoms with Gasteiger partial charge >= 0.3 is 0 Å². The maximum atomic E-state index is 5.12. The van der Waals surface area contributed by atoms with E-state index in [1.165, 1.54) is 22.3 Å². The van der Waals surface area contributed by atoms with E-state index in [0.717, 1.165) is 32.9 Å². The lowest BCUT2D eigenvalue weighted by Crippen LogP contribution is -2.10. The van der Waals surface area contributed by atoms with Gasteiger partial charge in [-0.05, 0) is 61.1 Å². The topological polar surface area (TPSA) is 30.7 Å². The molecule has 0 amide bonds. The number of benzene rings is 3. The van der Waals surface area contributed by atoms with Crippen molar-refractivity contribution in [1.82, 2.24) is 14.8 Å². The van der Waals surface area contributed by atoms with E-state index in [4.69, 9.17) is 10.1 Å². The van der Waals surface area contributed by atoms with Crippen molar-refractivity contribution in [2.75, 3.05) is 0 Å². The smallest absolute Gasteiger partial charge is 0.182 e. The molecule has 1 heterocycles. The van der Waals surface area contributed by atoms with Crippen LogP contribution in [0.25, 0.3) is 28.5 Å². The Morgan fingerprint density at radius 3 is 1.67 bits per heavy atom. The van der Waals surface area contributed by atoms with Crippen LogP contribution in [0, 0.1) is 13.8 Å². The zero-order chi connectivity index (χ0) is 27.0. The second kappa shape index (κ2) is 13.5. The lowest BCUT2D eigenvalue weighted by atomic mass is 9.92. The SMILES string of the molecule is CC.CC.Cc1cc(C)cc(-c2nc(-c3ccccc3)n(-c3c(C(C)C)cc(Br)cc3C(C)C)n2)c1. The van der Waals surface area contributed by atoms with Gasteiger partial charge in [0.25, 0.3) is 0 Å². The third-order valence-corrected chi connectivity index (χ3v) is 6.17. The van der Waals surface area contributed by atoms with Crippen LogP contribution in [0.3, 0.4) is 0 Å². The zero-order valence-corrected chi connectivity index (χ0v) is 25.2. The summed E-state index contributed by atoms with van der Waals surface area (Å²) in [5, 5.41) is 5.12. The number of aryl methyl sites for hydroxylation is 2. The number of nitrogens with zero attached hydrogens (tertiary/aromatic N) is 3. The summed E-state index contributed by atoms with van der Waals surface area (Å²) in [5.74, 6) is 2.31. The molecular weight excluding hydrogens is 506 g/mol. The number of halogens is 1. The van der Waals surface area contributed by atoms with Crippen molar-refractivity contribution in [2.45, 2.75) is 81.1 Å². The Balaban J connectivity index is 0.00000109. The molecule has 0 aliphatic carbocycles. The van der Waals surface area contributed by atoms with Gasteiger partial charge in [0.1, 0.15) is 0 Å². The lowest BCUT2D eigenvalue weighted by molar-refractivity contribution is 0.773. The standard InChI is InChI=1S/C28H30BrN3.2C2H6/c1-17(2)24-15-23(29)16-25(18(3)4)26(24)32-28(21-10-8-7-9-11-21)30-27(31-32)22-13-19(5)12-20(6)14-22;2*1-2/h7-18H,1-6H3;2*1-2H3. The molecule has 3 aromatic carbocycles. The van der Waals surface area contributed by atoms with Crippen molar-refractivity contribution in [1.29, 1.82) is 0 Å². The van der Waals surface area contributed by atoms with Gasteiger partial charge in [-0.3, -0.25) is 0 Å². The lowest BCUT2D eigenvalue weighted by Gasteiger charge is -2.21. The third kappa shape index (κ3) is 6.73. The van der Waals surface area contributed by atoms with E-state index in [2.05, 4.69) is 117 Å². The van der Waals surface area contributed by atoms with E-state index in [-0.39, 0.29) is 0 Å². The van der Waals surface area contributed by atoms with E-state index in [9.17, 15) is 0 Å². The van der Waals surface area contributed by atoms with Crippen LogP contribution in [0.1, 0.15) is 89.5 Å². The van der Waals surface area contributed by atoms with Crippen LogP contribution >= 0.6 is 15.9 Å². The molecule has 0 spiro atoms. The van der Waals surface area contributed by atoms with Crippen LogP contribution in [-0.2, 0) is 0 Å². The molecule has 3 nitrogen and oxygen atoms in total. The molecule has 0 atom stereocenters. The Labute approximate surface area is 227 Å². The summed E-state index contributed by atoms with van der Waals surface area (Å²) in [6, 6.07) is 21.3. The molecule has 1 aromatic heterocycles. The van der Waals surface area contributed by atoms with Gasteiger partial charge in [-0.2, -0.15) is 0 Å². The highest BCUT2D eigenvalue weighted by Gasteiger charge is 2.23. The Bertz CT molecular complexity index is 1200. The predicted octanol–water partition coefficient (Wildman–Crippen LogP) is 10.3. The fourth-order valence-electron chi connectivity index (χ4n) is 4.24. The van der Waals surface area contributed by atoms with E-state index in [0.29, 0.717) is 11.8 Å². The molecule has 0 bridgehead atoms. The largest absolute Gasteiger partial charge is 0.212 e. The third-order valence-electron chi connectivity index (χ3n) is 5.71. The molecule has 0 unspecified atom stereocenters. The van der Waals surface area contributed by atoms with E-state index < -0.39 is 0 Å². The van der Waals surface area contributed by atoms with Crippen LogP contribution < -0.4 is 0 Å². The molecule has 4 rings (SSSR count). The molecule has 0 aliphatic heterocycles. The van der Waals surface area contributed by atoms with Crippen molar-refractivity contribution < 1.29 is 0 Å². The maximum absolute atomic E-state index is 5.12. The first-order chi connectivity index (χ1) is 17.2. The second-order valence-corrected chi connectivity index (χ2v) is 10.1. The summed E-state index contributed by atoms with van der Waals surface area (Å²) < 4.78 is 3.17. The molecule has 0 saturated heterocycles. The number of aromatic nitrogens is 3. The van der Waals surface area contributed by atoms with Gasteiger partial charge in [0.05, 0.1) is 5.69 Å². The number of hydrogen-bond donors (Lipinski definition) is 0. The first kappa shape index (κ1) is 29.5. The molecule has 4 heteroatoms. The van der Waals surface area contributed by atoms with E-state index in [1.54, 1.807) is 0 Å². The summed E-state index contributed by atoms with van der Waals surface area (Å²) in [6.07, 6.45) is 0. The highest BCUT2D eigenvalue weighted by atomic mass is 79.9. The minimum absolute atomic E-state index is 0.345. The Hall–Kier alpha value is -2.72. The van der Waals surface area contributed by atoms with E-state index >= 15 is 0 Å². The van der Waals surface area contributed by atoms with Crippen molar-refractivity contribution >= 4 is 15.9 Å². The molecule has 0 saturated carbocycles. The van der Waals surface area contributed by atoms with Crippen molar-refractivity contribution in [3.05, 3.63) is 87.4 Å². The molecule has 0 radical (unpaired) electrons. The molecule has 0 N–H and O–H groups in total. The van der Waals surface area contributed by atoms with Gasteiger partial charge in [-0.1, -0.05) is 119 Å². The van der Waals surface area contributed by atoms with Gasteiger partial charge in [-0.15, -0.1) is 5.10 Å². The van der Waals surface area contributed by atoms with Crippen LogP contribution in [-0.4, -0.2) is 14.8 Å². The van der Waals surface area contributed by atoms with Crippen molar-refractivity contribution in [3.8, 4) is 28.5 Å².